The van der Waals surface area contributed by atoms with Crippen molar-refractivity contribution in [1.29, 1.82) is 0 Å². The van der Waals surface area contributed by atoms with Crippen LogP contribution in [0.5, 0.6) is 0 Å². The van der Waals surface area contributed by atoms with Gasteiger partial charge in [0.05, 0.1) is 0 Å². The van der Waals surface area contributed by atoms with Crippen LogP contribution in [0.3, 0.4) is 0 Å². The Kier molecular flexibility index (Phi) is 2.97. The molecular formula is C13H23N. The molecular weight excluding hydrogens is 170 g/mol. The first-order valence-corrected chi connectivity index (χ1v) is 5.46. The van der Waals surface area contributed by atoms with Crippen LogP contribution < -0.4 is 0 Å². The van der Waals surface area contributed by atoms with Crippen LogP contribution in [0.25, 0.3) is 0 Å². The molecule has 0 N–H and O–H groups in total. The molecule has 0 aliphatic carbocycles. The summed E-state index contributed by atoms with van der Waals surface area (Å²) in [5.41, 5.74) is 0.474. The third-order valence-electron chi connectivity index (χ3n) is 2.48. The Bertz CT molecular complexity index is 248. The van der Waals surface area contributed by atoms with E-state index in [9.17, 15) is 0 Å². The highest BCUT2D eigenvalue weighted by molar-refractivity contribution is 5.14. The summed E-state index contributed by atoms with van der Waals surface area (Å²) >= 11 is 0. The lowest BCUT2D eigenvalue weighted by Gasteiger charge is -2.46. The van der Waals surface area contributed by atoms with Crippen molar-refractivity contribution in [3.05, 3.63) is 0 Å². The van der Waals surface area contributed by atoms with Crippen LogP contribution in [0.4, 0.5) is 0 Å². The Balaban J connectivity index is 2.39. The molecule has 14 heavy (non-hydrogen) atoms. The van der Waals surface area contributed by atoms with Crippen LogP contribution in [-0.2, 0) is 0 Å². The molecule has 1 heterocycles. The average Bonchev–Trinajstić information content (AvgIpc) is 1.76. The van der Waals surface area contributed by atoms with E-state index in [-0.39, 0.29) is 5.41 Å². The predicted molar refractivity (Wildman–Crippen MR) is 62.0 cm³/mol. The van der Waals surface area contributed by atoms with E-state index >= 15 is 0 Å². The van der Waals surface area contributed by atoms with E-state index in [1.54, 1.807) is 0 Å². The Morgan fingerprint density at radius 1 is 1.00 bits per heavy atom. The van der Waals surface area contributed by atoms with Crippen molar-refractivity contribution in [2.24, 2.45) is 11.3 Å². The number of hydrogen-bond acceptors (Lipinski definition) is 1. The van der Waals surface area contributed by atoms with Crippen molar-refractivity contribution >= 4 is 0 Å². The summed E-state index contributed by atoms with van der Waals surface area (Å²) in [6, 6.07) is 0. The van der Waals surface area contributed by atoms with Gasteiger partial charge in [-0.15, -0.1) is 0 Å². The van der Waals surface area contributed by atoms with Gasteiger partial charge >= 0.3 is 0 Å². The second-order valence-electron chi connectivity index (χ2n) is 6.29. The number of nitrogens with zero attached hydrogens (tertiary/aromatic N) is 1. The van der Waals surface area contributed by atoms with Crippen LogP contribution in [0, 0.1) is 23.2 Å². The van der Waals surface area contributed by atoms with Gasteiger partial charge in [-0.1, -0.05) is 11.8 Å². The van der Waals surface area contributed by atoms with E-state index in [1.165, 1.54) is 0 Å². The van der Waals surface area contributed by atoms with Crippen molar-refractivity contribution in [3.8, 4) is 11.8 Å². The zero-order chi connectivity index (χ0) is 11.0. The zero-order valence-corrected chi connectivity index (χ0v) is 10.4. The van der Waals surface area contributed by atoms with E-state index in [4.69, 9.17) is 0 Å². The minimum absolute atomic E-state index is 0.155. The van der Waals surface area contributed by atoms with Gasteiger partial charge in [0.2, 0.25) is 0 Å². The minimum atomic E-state index is 0.155. The summed E-state index contributed by atoms with van der Waals surface area (Å²) in [5, 5.41) is 0. The van der Waals surface area contributed by atoms with Gasteiger partial charge in [0.25, 0.3) is 0 Å². The van der Waals surface area contributed by atoms with E-state index < -0.39 is 0 Å². The smallest absolute Gasteiger partial charge is 0.0457 e. The van der Waals surface area contributed by atoms with E-state index in [2.05, 4.69) is 58.3 Å². The molecule has 0 unspecified atom stereocenters. The van der Waals surface area contributed by atoms with Crippen molar-refractivity contribution in [2.45, 2.75) is 47.1 Å². The average molecular weight is 193 g/mol. The fourth-order valence-electron chi connectivity index (χ4n) is 1.44. The maximum Gasteiger partial charge on any atom is 0.0457 e. The Morgan fingerprint density at radius 2 is 1.50 bits per heavy atom. The van der Waals surface area contributed by atoms with Gasteiger partial charge in [-0.25, -0.2) is 0 Å². The predicted octanol–water partition coefficient (Wildman–Crippen LogP) is 2.77. The quantitative estimate of drug-likeness (QED) is 0.535. The molecule has 0 spiro atoms. The van der Waals surface area contributed by atoms with E-state index in [1.807, 2.05) is 0 Å². The highest BCUT2D eigenvalue weighted by Crippen LogP contribution is 2.25. The first-order chi connectivity index (χ1) is 6.18. The largest absolute Gasteiger partial charge is 0.296 e. The lowest BCUT2D eigenvalue weighted by molar-refractivity contribution is 0.0381. The summed E-state index contributed by atoms with van der Waals surface area (Å²) in [4.78, 5) is 2.48. The van der Waals surface area contributed by atoms with Gasteiger partial charge in [0, 0.05) is 30.0 Å². The summed E-state index contributed by atoms with van der Waals surface area (Å²) < 4.78 is 0. The third kappa shape index (κ3) is 3.35. The Hall–Kier alpha value is -0.480. The highest BCUT2D eigenvalue weighted by Gasteiger charge is 2.33. The van der Waals surface area contributed by atoms with Gasteiger partial charge in [-0.3, -0.25) is 4.90 Å². The molecule has 1 rings (SSSR count). The molecule has 0 aromatic carbocycles. The fraction of sp³-hybridized carbons (Fsp3) is 0.846. The second-order valence-corrected chi connectivity index (χ2v) is 6.29. The van der Waals surface area contributed by atoms with Crippen molar-refractivity contribution in [1.82, 2.24) is 4.90 Å². The standard InChI is InChI=1S/C13H23N/c1-12(2,3)8-7-11-9-14(10-11)13(4,5)6/h11H,9-10H2,1-6H3. The lowest BCUT2D eigenvalue weighted by Crippen LogP contribution is -2.55. The number of rotatable bonds is 0. The SMILES string of the molecule is CC(C)(C)C#CC1CN(C(C)(C)C)C1. The number of likely N-dealkylation sites (tertiary alicyclic amines) is 1. The fourth-order valence-corrected chi connectivity index (χ4v) is 1.44. The summed E-state index contributed by atoms with van der Waals surface area (Å²) in [7, 11) is 0. The first-order valence-electron chi connectivity index (χ1n) is 5.46. The highest BCUT2D eigenvalue weighted by atomic mass is 15.2. The normalized spacial score (nSPS) is 19.9. The van der Waals surface area contributed by atoms with Gasteiger partial charge in [0.1, 0.15) is 0 Å². The third-order valence-corrected chi connectivity index (χ3v) is 2.48. The van der Waals surface area contributed by atoms with Crippen molar-refractivity contribution < 1.29 is 0 Å². The molecule has 0 aromatic heterocycles. The maximum absolute atomic E-state index is 3.37. The van der Waals surface area contributed by atoms with Crippen LogP contribution in [0.2, 0.25) is 0 Å². The molecule has 0 aromatic rings. The van der Waals surface area contributed by atoms with Crippen LogP contribution in [0.15, 0.2) is 0 Å². The first kappa shape index (κ1) is 11.6. The summed E-state index contributed by atoms with van der Waals surface area (Å²) in [5.74, 6) is 7.29. The van der Waals surface area contributed by atoms with Gasteiger partial charge in [0.15, 0.2) is 0 Å². The van der Waals surface area contributed by atoms with Crippen LogP contribution >= 0.6 is 0 Å². The molecule has 1 aliphatic rings. The molecule has 0 atom stereocenters. The maximum atomic E-state index is 3.37. The second kappa shape index (κ2) is 3.59. The monoisotopic (exact) mass is 193 g/mol. The van der Waals surface area contributed by atoms with Crippen molar-refractivity contribution in [3.63, 3.8) is 0 Å². The molecule has 0 amide bonds. The van der Waals surface area contributed by atoms with E-state index in [0.29, 0.717) is 11.5 Å². The molecule has 1 fully saturated rings. The van der Waals surface area contributed by atoms with Crippen molar-refractivity contribution in [2.75, 3.05) is 13.1 Å². The number of hydrogen-bond donors (Lipinski definition) is 0. The molecule has 0 radical (unpaired) electrons. The molecule has 1 nitrogen and oxygen atoms in total. The summed E-state index contributed by atoms with van der Waals surface area (Å²) in [6.45, 7) is 15.6. The van der Waals surface area contributed by atoms with E-state index in [0.717, 1.165) is 13.1 Å². The molecule has 0 saturated carbocycles. The van der Waals surface area contributed by atoms with Gasteiger partial charge < -0.3 is 0 Å². The van der Waals surface area contributed by atoms with Crippen LogP contribution in [-0.4, -0.2) is 23.5 Å². The van der Waals surface area contributed by atoms with Gasteiger partial charge in [-0.2, -0.15) is 0 Å². The molecule has 0 bridgehead atoms. The Labute approximate surface area is 88.9 Å². The topological polar surface area (TPSA) is 3.24 Å². The molecule has 1 saturated heterocycles. The zero-order valence-electron chi connectivity index (χ0n) is 10.4. The van der Waals surface area contributed by atoms with Gasteiger partial charge in [-0.05, 0) is 41.5 Å². The Morgan fingerprint density at radius 3 is 1.86 bits per heavy atom. The lowest BCUT2D eigenvalue weighted by atomic mass is 9.90. The molecule has 1 aliphatic heterocycles. The minimum Gasteiger partial charge on any atom is -0.296 e. The van der Waals surface area contributed by atoms with Crippen LogP contribution in [0.1, 0.15) is 41.5 Å². The molecule has 1 heteroatoms. The summed E-state index contributed by atoms with van der Waals surface area (Å²) in [6.07, 6.45) is 0. The molecule has 80 valence electrons.